The summed E-state index contributed by atoms with van der Waals surface area (Å²) in [7, 11) is 0. The van der Waals surface area contributed by atoms with Crippen molar-refractivity contribution in [1.82, 2.24) is 10.3 Å². The maximum absolute atomic E-state index is 5.70. The number of hydrogen-bond donors (Lipinski definition) is 1. The van der Waals surface area contributed by atoms with Crippen molar-refractivity contribution in [3.05, 3.63) is 23.9 Å². The summed E-state index contributed by atoms with van der Waals surface area (Å²) < 4.78 is 11.2. The second-order valence-electron chi connectivity index (χ2n) is 6.07. The van der Waals surface area contributed by atoms with Gasteiger partial charge in [0.2, 0.25) is 5.88 Å². The predicted molar refractivity (Wildman–Crippen MR) is 75.3 cm³/mol. The lowest BCUT2D eigenvalue weighted by Crippen LogP contribution is -2.34. The summed E-state index contributed by atoms with van der Waals surface area (Å²) in [4.78, 5) is 4.33. The SMILES string of the molecule is C[C@H]1OCC[C@@H]1NCc1ccc(OC(C)(C)C)nc1. The van der Waals surface area contributed by atoms with Crippen LogP contribution in [0.4, 0.5) is 0 Å². The van der Waals surface area contributed by atoms with Crippen molar-refractivity contribution in [2.45, 2.75) is 58.4 Å². The molecule has 0 bridgehead atoms. The molecule has 1 aromatic rings. The summed E-state index contributed by atoms with van der Waals surface area (Å²) in [6, 6.07) is 4.43. The summed E-state index contributed by atoms with van der Waals surface area (Å²) in [6.07, 6.45) is 3.26. The summed E-state index contributed by atoms with van der Waals surface area (Å²) in [5.41, 5.74) is 0.962. The number of rotatable bonds is 4. The largest absolute Gasteiger partial charge is 0.472 e. The molecule has 1 saturated heterocycles. The number of pyridine rings is 1. The molecule has 19 heavy (non-hydrogen) atoms. The van der Waals surface area contributed by atoms with Crippen LogP contribution in [0.15, 0.2) is 18.3 Å². The van der Waals surface area contributed by atoms with E-state index in [0.717, 1.165) is 19.6 Å². The highest BCUT2D eigenvalue weighted by molar-refractivity contribution is 5.18. The van der Waals surface area contributed by atoms with Gasteiger partial charge in [0.25, 0.3) is 0 Å². The molecule has 1 aliphatic rings. The third-order valence-corrected chi connectivity index (χ3v) is 3.15. The van der Waals surface area contributed by atoms with Crippen molar-refractivity contribution in [3.8, 4) is 5.88 Å². The molecule has 0 unspecified atom stereocenters. The molecule has 1 fully saturated rings. The predicted octanol–water partition coefficient (Wildman–Crippen LogP) is 2.53. The van der Waals surface area contributed by atoms with Crippen molar-refractivity contribution < 1.29 is 9.47 Å². The molecule has 0 spiro atoms. The Labute approximate surface area is 115 Å². The van der Waals surface area contributed by atoms with E-state index in [4.69, 9.17) is 9.47 Å². The summed E-state index contributed by atoms with van der Waals surface area (Å²) in [6.45, 7) is 9.85. The number of nitrogens with one attached hydrogen (secondary N) is 1. The molecule has 0 aliphatic carbocycles. The molecule has 4 heteroatoms. The standard InChI is InChI=1S/C15H24N2O2/c1-11-13(7-8-18-11)16-9-12-5-6-14(17-10-12)19-15(2,3)4/h5-6,10-11,13,16H,7-9H2,1-4H3/t11-,13+/m1/s1. The van der Waals surface area contributed by atoms with E-state index in [1.165, 1.54) is 5.56 Å². The van der Waals surface area contributed by atoms with E-state index in [-0.39, 0.29) is 5.60 Å². The molecule has 1 N–H and O–H groups in total. The Hall–Kier alpha value is -1.13. The van der Waals surface area contributed by atoms with Crippen LogP contribution in [-0.4, -0.2) is 29.3 Å². The highest BCUT2D eigenvalue weighted by Gasteiger charge is 2.23. The van der Waals surface area contributed by atoms with Gasteiger partial charge in [0, 0.05) is 31.5 Å². The Morgan fingerprint density at radius 3 is 2.74 bits per heavy atom. The molecular formula is C15H24N2O2. The lowest BCUT2D eigenvalue weighted by atomic mass is 10.1. The third-order valence-electron chi connectivity index (χ3n) is 3.15. The average molecular weight is 264 g/mol. The van der Waals surface area contributed by atoms with Crippen molar-refractivity contribution in [2.75, 3.05) is 6.61 Å². The Morgan fingerprint density at radius 1 is 1.42 bits per heavy atom. The first kappa shape index (κ1) is 14.3. The van der Waals surface area contributed by atoms with Crippen LogP contribution in [0, 0.1) is 0 Å². The van der Waals surface area contributed by atoms with Crippen LogP contribution >= 0.6 is 0 Å². The van der Waals surface area contributed by atoms with E-state index in [2.05, 4.69) is 23.3 Å². The first-order valence-corrected chi connectivity index (χ1v) is 6.93. The van der Waals surface area contributed by atoms with Crippen LogP contribution in [0.2, 0.25) is 0 Å². The van der Waals surface area contributed by atoms with Crippen LogP contribution in [0.1, 0.15) is 39.7 Å². The molecule has 2 heterocycles. The van der Waals surface area contributed by atoms with Gasteiger partial charge in [-0.3, -0.25) is 0 Å². The number of aromatic nitrogens is 1. The molecule has 0 saturated carbocycles. The van der Waals surface area contributed by atoms with Crippen LogP contribution in [-0.2, 0) is 11.3 Å². The monoisotopic (exact) mass is 264 g/mol. The zero-order valence-corrected chi connectivity index (χ0v) is 12.3. The topological polar surface area (TPSA) is 43.4 Å². The number of nitrogens with zero attached hydrogens (tertiary/aromatic N) is 1. The molecule has 2 atom stereocenters. The lowest BCUT2D eigenvalue weighted by Gasteiger charge is -2.20. The number of ether oxygens (including phenoxy) is 2. The molecule has 0 amide bonds. The second kappa shape index (κ2) is 5.88. The van der Waals surface area contributed by atoms with E-state index in [0.29, 0.717) is 18.0 Å². The first-order valence-electron chi connectivity index (χ1n) is 6.93. The van der Waals surface area contributed by atoms with Crippen LogP contribution in [0.3, 0.4) is 0 Å². The van der Waals surface area contributed by atoms with E-state index in [1.54, 1.807) is 0 Å². The Balaban J connectivity index is 1.85. The minimum Gasteiger partial charge on any atom is -0.472 e. The summed E-state index contributed by atoms with van der Waals surface area (Å²) in [5, 5.41) is 3.51. The van der Waals surface area contributed by atoms with Crippen molar-refractivity contribution >= 4 is 0 Å². The molecule has 1 aliphatic heterocycles. The Morgan fingerprint density at radius 2 is 2.21 bits per heavy atom. The smallest absolute Gasteiger partial charge is 0.213 e. The molecule has 2 rings (SSSR count). The summed E-state index contributed by atoms with van der Waals surface area (Å²) >= 11 is 0. The van der Waals surface area contributed by atoms with E-state index >= 15 is 0 Å². The highest BCUT2D eigenvalue weighted by Crippen LogP contribution is 2.16. The fraction of sp³-hybridized carbons (Fsp3) is 0.667. The zero-order valence-electron chi connectivity index (χ0n) is 12.3. The van der Waals surface area contributed by atoms with E-state index in [1.807, 2.05) is 33.0 Å². The van der Waals surface area contributed by atoms with Crippen molar-refractivity contribution in [3.63, 3.8) is 0 Å². The van der Waals surface area contributed by atoms with E-state index in [9.17, 15) is 0 Å². The highest BCUT2D eigenvalue weighted by atomic mass is 16.5. The molecular weight excluding hydrogens is 240 g/mol. The molecule has 4 nitrogen and oxygen atoms in total. The van der Waals surface area contributed by atoms with Gasteiger partial charge in [-0.15, -0.1) is 0 Å². The van der Waals surface area contributed by atoms with Gasteiger partial charge in [-0.05, 0) is 39.7 Å². The van der Waals surface area contributed by atoms with Gasteiger partial charge in [0.05, 0.1) is 6.10 Å². The Kier molecular flexibility index (Phi) is 4.42. The maximum atomic E-state index is 5.70. The van der Waals surface area contributed by atoms with E-state index < -0.39 is 0 Å². The third kappa shape index (κ3) is 4.48. The molecule has 0 aromatic carbocycles. The normalized spacial score (nSPS) is 23.6. The van der Waals surface area contributed by atoms with Crippen LogP contribution in [0.5, 0.6) is 5.88 Å². The quantitative estimate of drug-likeness (QED) is 0.907. The fourth-order valence-corrected chi connectivity index (χ4v) is 2.14. The molecule has 106 valence electrons. The zero-order chi connectivity index (χ0) is 13.9. The average Bonchev–Trinajstić information content (AvgIpc) is 2.72. The molecule has 0 radical (unpaired) electrons. The molecule has 1 aromatic heterocycles. The first-order chi connectivity index (χ1) is 8.94. The van der Waals surface area contributed by atoms with Gasteiger partial charge in [-0.25, -0.2) is 4.98 Å². The lowest BCUT2D eigenvalue weighted by molar-refractivity contribution is 0.113. The Bertz CT molecular complexity index is 398. The van der Waals surface area contributed by atoms with Gasteiger partial charge < -0.3 is 14.8 Å². The minimum absolute atomic E-state index is 0.205. The van der Waals surface area contributed by atoms with Crippen LogP contribution < -0.4 is 10.1 Å². The van der Waals surface area contributed by atoms with Crippen molar-refractivity contribution in [2.24, 2.45) is 0 Å². The number of hydrogen-bond acceptors (Lipinski definition) is 4. The maximum Gasteiger partial charge on any atom is 0.213 e. The van der Waals surface area contributed by atoms with Gasteiger partial charge in [0.1, 0.15) is 5.60 Å². The summed E-state index contributed by atoms with van der Waals surface area (Å²) in [5.74, 6) is 0.675. The van der Waals surface area contributed by atoms with Gasteiger partial charge >= 0.3 is 0 Å². The van der Waals surface area contributed by atoms with Crippen molar-refractivity contribution in [1.29, 1.82) is 0 Å². The van der Waals surface area contributed by atoms with Crippen LogP contribution in [0.25, 0.3) is 0 Å². The van der Waals surface area contributed by atoms with Gasteiger partial charge in [-0.2, -0.15) is 0 Å². The second-order valence-corrected chi connectivity index (χ2v) is 6.07. The van der Waals surface area contributed by atoms with Gasteiger partial charge in [0.15, 0.2) is 0 Å². The minimum atomic E-state index is -0.205. The fourth-order valence-electron chi connectivity index (χ4n) is 2.14. The van der Waals surface area contributed by atoms with Gasteiger partial charge in [-0.1, -0.05) is 6.07 Å².